The number of hydrogen-bond donors (Lipinski definition) is 2. The van der Waals surface area contributed by atoms with Gasteiger partial charge in [-0.3, -0.25) is 4.79 Å². The number of nitrogens with two attached hydrogens (primary N) is 1. The van der Waals surface area contributed by atoms with Gasteiger partial charge in [0.15, 0.2) is 0 Å². The summed E-state index contributed by atoms with van der Waals surface area (Å²) in [5, 5.41) is 3.31. The van der Waals surface area contributed by atoms with Gasteiger partial charge >= 0.3 is 7.48 Å². The molecule has 2 atom stereocenters. The van der Waals surface area contributed by atoms with Crippen molar-refractivity contribution in [2.45, 2.75) is 44.3 Å². The van der Waals surface area contributed by atoms with Crippen molar-refractivity contribution in [3.8, 4) is 11.5 Å². The largest absolute Gasteiger partial charge is 0.564 e. The van der Waals surface area contributed by atoms with Crippen LogP contribution in [-0.4, -0.2) is 69.3 Å². The van der Waals surface area contributed by atoms with Crippen LogP contribution < -0.4 is 20.4 Å². The second-order valence-electron chi connectivity index (χ2n) is 7.67. The fraction of sp³-hybridized carbons (Fsp3) is 0.632. The lowest BCUT2D eigenvalue weighted by atomic mass is 9.85. The van der Waals surface area contributed by atoms with E-state index in [0.717, 1.165) is 37.3 Å². The summed E-state index contributed by atoms with van der Waals surface area (Å²) in [6.07, 6.45) is 2.51. The molecule has 2 saturated heterocycles. The number of aryl methyl sites for hydroxylation is 1. The van der Waals surface area contributed by atoms with Crippen LogP contribution >= 0.6 is 0 Å². The molecule has 0 spiro atoms. The first-order chi connectivity index (χ1) is 13.1. The maximum absolute atomic E-state index is 12.4. The lowest BCUT2D eigenvalue weighted by molar-refractivity contribution is -0.143. The third-order valence-corrected chi connectivity index (χ3v) is 5.62. The Labute approximate surface area is 160 Å². The van der Waals surface area contributed by atoms with E-state index in [1.807, 2.05) is 17.9 Å². The van der Waals surface area contributed by atoms with E-state index in [0.29, 0.717) is 39.2 Å². The summed E-state index contributed by atoms with van der Waals surface area (Å²) in [6.45, 7) is 5.10. The van der Waals surface area contributed by atoms with Gasteiger partial charge in [0.05, 0.1) is 32.2 Å². The molecule has 4 rings (SSSR count). The van der Waals surface area contributed by atoms with E-state index in [1.165, 1.54) is 5.56 Å². The Morgan fingerprint density at radius 2 is 2.30 bits per heavy atom. The lowest BCUT2D eigenvalue weighted by Gasteiger charge is -2.40. The van der Waals surface area contributed by atoms with Crippen molar-refractivity contribution in [1.82, 2.24) is 10.2 Å². The van der Waals surface area contributed by atoms with Crippen LogP contribution in [0.15, 0.2) is 12.1 Å². The Hall–Kier alpha value is -1.77. The van der Waals surface area contributed by atoms with Crippen molar-refractivity contribution in [2.24, 2.45) is 5.73 Å². The highest BCUT2D eigenvalue weighted by Gasteiger charge is 2.34. The summed E-state index contributed by atoms with van der Waals surface area (Å²) in [5.41, 5.74) is 7.94. The minimum absolute atomic E-state index is 0.0429. The number of carbonyl (C=O) groups excluding carboxylic acids is 1. The summed E-state index contributed by atoms with van der Waals surface area (Å²) >= 11 is 0. The zero-order valence-electron chi connectivity index (χ0n) is 15.9. The number of ether oxygens (including phenoxy) is 2. The van der Waals surface area contributed by atoms with Crippen molar-refractivity contribution in [3.05, 3.63) is 23.3 Å². The standard InChI is InChI=1S/C19H28BN3O4/c1-12-17(3-2-13-4-5-20-27-19(12)13)26-16-9-23(10-16)18(24)6-15-8-22-14(7-21)11-25-15/h2-3,14-16,20,22H,4-11,21H2,1H3. The number of benzene rings is 1. The molecule has 7 nitrogen and oxygen atoms in total. The van der Waals surface area contributed by atoms with Crippen molar-refractivity contribution < 1.29 is 18.9 Å². The first-order valence-electron chi connectivity index (χ1n) is 9.88. The van der Waals surface area contributed by atoms with Gasteiger partial charge in [-0.1, -0.05) is 6.07 Å². The van der Waals surface area contributed by atoms with Gasteiger partial charge in [-0.2, -0.15) is 0 Å². The number of fused-ring (bicyclic) bond motifs is 1. The van der Waals surface area contributed by atoms with Gasteiger partial charge in [0, 0.05) is 24.7 Å². The van der Waals surface area contributed by atoms with E-state index in [1.54, 1.807) is 0 Å². The number of morpholine rings is 1. The number of amides is 1. The Morgan fingerprint density at radius 3 is 3.04 bits per heavy atom. The molecule has 0 radical (unpaired) electrons. The highest BCUT2D eigenvalue weighted by atomic mass is 16.5. The van der Waals surface area contributed by atoms with Gasteiger partial charge < -0.3 is 30.1 Å². The molecule has 146 valence electrons. The molecule has 2 fully saturated rings. The van der Waals surface area contributed by atoms with Crippen LogP contribution in [0.2, 0.25) is 6.32 Å². The lowest BCUT2D eigenvalue weighted by Crippen LogP contribution is -2.57. The predicted octanol–water partition coefficient (Wildman–Crippen LogP) is -0.00488. The van der Waals surface area contributed by atoms with Crippen molar-refractivity contribution in [3.63, 3.8) is 0 Å². The minimum Gasteiger partial charge on any atom is -0.564 e. The van der Waals surface area contributed by atoms with Crippen molar-refractivity contribution in [2.75, 3.05) is 32.8 Å². The maximum atomic E-state index is 12.4. The molecule has 1 aromatic rings. The average Bonchev–Trinajstić information content (AvgIpc) is 2.66. The number of nitrogens with zero attached hydrogens (tertiary/aromatic N) is 1. The fourth-order valence-electron chi connectivity index (χ4n) is 3.86. The summed E-state index contributed by atoms with van der Waals surface area (Å²) < 4.78 is 17.7. The molecule has 3 aliphatic rings. The fourth-order valence-corrected chi connectivity index (χ4v) is 3.86. The topological polar surface area (TPSA) is 86.1 Å². The van der Waals surface area contributed by atoms with E-state index in [9.17, 15) is 4.79 Å². The SMILES string of the molecule is Cc1c(OC2CN(C(=O)CC3CNC(CN)CO3)C2)ccc2c1OBCC2. The summed E-state index contributed by atoms with van der Waals surface area (Å²) in [6, 6.07) is 4.32. The molecular weight excluding hydrogens is 345 g/mol. The second kappa shape index (κ2) is 8.08. The molecule has 3 N–H and O–H groups in total. The first kappa shape index (κ1) is 18.6. The Kier molecular flexibility index (Phi) is 5.57. The minimum atomic E-state index is -0.0692. The molecule has 0 aliphatic carbocycles. The Balaban J connectivity index is 1.25. The number of nitrogens with one attached hydrogen (secondary N) is 1. The second-order valence-corrected chi connectivity index (χ2v) is 7.67. The smallest absolute Gasteiger partial charge is 0.340 e. The van der Waals surface area contributed by atoms with Crippen LogP contribution in [0.3, 0.4) is 0 Å². The van der Waals surface area contributed by atoms with Crippen LogP contribution in [0, 0.1) is 6.92 Å². The van der Waals surface area contributed by atoms with Crippen LogP contribution in [-0.2, 0) is 16.0 Å². The average molecular weight is 373 g/mol. The van der Waals surface area contributed by atoms with Crippen molar-refractivity contribution in [1.29, 1.82) is 0 Å². The molecule has 0 bridgehead atoms. The Morgan fingerprint density at radius 1 is 1.44 bits per heavy atom. The third-order valence-electron chi connectivity index (χ3n) is 5.62. The number of hydrogen-bond acceptors (Lipinski definition) is 6. The van der Waals surface area contributed by atoms with Gasteiger partial charge in [-0.25, -0.2) is 0 Å². The Bertz CT molecular complexity index is 688. The third kappa shape index (κ3) is 4.07. The monoisotopic (exact) mass is 373 g/mol. The van der Waals surface area contributed by atoms with Crippen LogP contribution in [0.25, 0.3) is 0 Å². The van der Waals surface area contributed by atoms with Gasteiger partial charge in [0.25, 0.3) is 0 Å². The summed E-state index contributed by atoms with van der Waals surface area (Å²) in [7, 11) is 0.771. The molecule has 3 heterocycles. The van der Waals surface area contributed by atoms with Gasteiger partial charge in [0.2, 0.25) is 5.91 Å². The molecule has 8 heteroatoms. The molecule has 27 heavy (non-hydrogen) atoms. The van der Waals surface area contributed by atoms with E-state index in [-0.39, 0.29) is 24.2 Å². The highest BCUT2D eigenvalue weighted by Crippen LogP contribution is 2.35. The first-order valence-corrected chi connectivity index (χ1v) is 9.88. The van der Waals surface area contributed by atoms with Gasteiger partial charge in [0.1, 0.15) is 17.6 Å². The van der Waals surface area contributed by atoms with Crippen molar-refractivity contribution >= 4 is 13.4 Å². The molecule has 0 saturated carbocycles. The van der Waals surface area contributed by atoms with E-state index in [2.05, 4.69) is 11.4 Å². The van der Waals surface area contributed by atoms with Gasteiger partial charge in [-0.05, 0) is 31.3 Å². The van der Waals surface area contributed by atoms with Gasteiger partial charge in [-0.15, -0.1) is 0 Å². The van der Waals surface area contributed by atoms with Crippen LogP contribution in [0.5, 0.6) is 11.5 Å². The molecule has 0 aromatic heterocycles. The normalized spacial score (nSPS) is 25.0. The summed E-state index contributed by atoms with van der Waals surface area (Å²) in [4.78, 5) is 14.3. The molecule has 3 aliphatic heterocycles. The van der Waals surface area contributed by atoms with E-state index >= 15 is 0 Å². The quantitative estimate of drug-likeness (QED) is 0.707. The van der Waals surface area contributed by atoms with Crippen LogP contribution in [0.4, 0.5) is 0 Å². The highest BCUT2D eigenvalue weighted by molar-refractivity contribution is 6.29. The predicted molar refractivity (Wildman–Crippen MR) is 104 cm³/mol. The molecule has 1 amide bonds. The van der Waals surface area contributed by atoms with Crippen LogP contribution in [0.1, 0.15) is 17.5 Å². The zero-order valence-corrected chi connectivity index (χ0v) is 15.9. The number of rotatable bonds is 5. The molecule has 2 unspecified atom stereocenters. The maximum Gasteiger partial charge on any atom is 0.340 e. The summed E-state index contributed by atoms with van der Waals surface area (Å²) in [5.74, 6) is 1.96. The number of likely N-dealkylation sites (tertiary alicyclic amines) is 1. The zero-order chi connectivity index (χ0) is 18.8. The van der Waals surface area contributed by atoms with E-state index in [4.69, 9.17) is 19.9 Å². The molecule has 1 aromatic carbocycles. The number of carbonyl (C=O) groups is 1. The van der Waals surface area contributed by atoms with E-state index < -0.39 is 0 Å². The molecular formula is C19H28BN3O4.